The molecule has 5 N–H and O–H groups in total. The molecule has 1 aliphatic carbocycles. The largest absolute Gasteiger partial charge is 0.454 e. The Morgan fingerprint density at radius 3 is 2.62 bits per heavy atom. The van der Waals surface area contributed by atoms with Crippen LogP contribution in [0.4, 0.5) is 23.1 Å². The number of aliphatic hydroxyl groups excluding tert-OH is 1. The van der Waals surface area contributed by atoms with E-state index in [0.29, 0.717) is 23.4 Å². The van der Waals surface area contributed by atoms with Gasteiger partial charge < -0.3 is 23.5 Å². The summed E-state index contributed by atoms with van der Waals surface area (Å²) in [6.45, 7) is 1.85. The summed E-state index contributed by atoms with van der Waals surface area (Å²) < 4.78 is 23.0. The quantitative estimate of drug-likeness (QED) is 0.269. The fourth-order valence-corrected chi connectivity index (χ4v) is 2.58. The van der Waals surface area contributed by atoms with E-state index >= 15 is 0 Å². The van der Waals surface area contributed by atoms with E-state index in [1.54, 1.807) is 24.3 Å². The highest BCUT2D eigenvalue weighted by Gasteiger charge is 2.26. The molecule has 1 aliphatic rings. The first-order valence-electron chi connectivity index (χ1n) is 8.24. The maximum Gasteiger partial charge on any atom is 0.225 e. The number of aromatic nitrogens is 2. The van der Waals surface area contributed by atoms with Crippen LogP contribution in [0, 0.1) is 0 Å². The average molecular weight is 377 g/mol. The van der Waals surface area contributed by atoms with Crippen molar-refractivity contribution in [3.8, 4) is 0 Å². The SMILES string of the molecule is C[C@H](CO)Nc1nc(NNc2ccc(N=[S-](=O)O)cc2)cc(C2CC2)n1. The molecular weight excluding hydrogens is 356 g/mol. The minimum absolute atomic E-state index is 0.00589. The summed E-state index contributed by atoms with van der Waals surface area (Å²) in [6.07, 6.45) is 2.24. The third-order valence-electron chi connectivity index (χ3n) is 3.78. The minimum Gasteiger partial charge on any atom is -0.454 e. The molecule has 9 nitrogen and oxygen atoms in total. The van der Waals surface area contributed by atoms with E-state index in [1.165, 1.54) is 0 Å². The standard InChI is InChI=1S/C16H21N6O3S/c1-10(9-23)17-16-18-14(11-2-3-11)8-15(19-16)21-20-12-4-6-13(7-5-12)22-26(24)25/h4-8,10-11,20,23H,2-3,9H2,1H3,(H,22,24,25)(H2,17,18,19,21)/q-1/t10-/m1/s1. The zero-order chi connectivity index (χ0) is 18.5. The van der Waals surface area contributed by atoms with Gasteiger partial charge in [0.15, 0.2) is 0 Å². The van der Waals surface area contributed by atoms with Crippen LogP contribution in [-0.2, 0) is 15.1 Å². The molecule has 0 amide bonds. The first kappa shape index (κ1) is 18.4. The number of rotatable bonds is 8. The summed E-state index contributed by atoms with van der Waals surface area (Å²) in [7, 11) is -2.22. The zero-order valence-corrected chi connectivity index (χ0v) is 15.0. The van der Waals surface area contributed by atoms with Crippen molar-refractivity contribution in [1.29, 1.82) is 0 Å². The number of hydrazine groups is 1. The number of nitrogens with zero attached hydrogens (tertiary/aromatic N) is 3. The van der Waals surface area contributed by atoms with E-state index in [1.807, 2.05) is 13.0 Å². The van der Waals surface area contributed by atoms with Crippen LogP contribution < -0.4 is 16.2 Å². The van der Waals surface area contributed by atoms with Crippen LogP contribution in [-0.4, -0.2) is 32.3 Å². The highest BCUT2D eigenvalue weighted by Crippen LogP contribution is 2.39. The molecular formula is C16H21N6O3S-. The van der Waals surface area contributed by atoms with Crippen molar-refractivity contribution < 1.29 is 13.9 Å². The van der Waals surface area contributed by atoms with Gasteiger partial charge in [0.2, 0.25) is 5.95 Å². The lowest BCUT2D eigenvalue weighted by molar-refractivity contribution is 0.281. The van der Waals surface area contributed by atoms with Gasteiger partial charge in [-0.15, -0.1) is 0 Å². The highest BCUT2D eigenvalue weighted by atomic mass is 32.2. The van der Waals surface area contributed by atoms with Gasteiger partial charge in [0.05, 0.1) is 18.0 Å². The third-order valence-corrected chi connectivity index (χ3v) is 4.14. The van der Waals surface area contributed by atoms with Gasteiger partial charge in [-0.1, -0.05) is 10.9 Å². The highest BCUT2D eigenvalue weighted by molar-refractivity contribution is 7.68. The van der Waals surface area contributed by atoms with E-state index in [2.05, 4.69) is 30.5 Å². The van der Waals surface area contributed by atoms with Gasteiger partial charge >= 0.3 is 0 Å². The van der Waals surface area contributed by atoms with Gasteiger partial charge in [-0.05, 0) is 44.0 Å². The van der Waals surface area contributed by atoms with Crippen LogP contribution in [0.5, 0.6) is 0 Å². The number of hydrogen-bond acceptors (Lipinski definition) is 9. The monoisotopic (exact) mass is 377 g/mol. The van der Waals surface area contributed by atoms with Gasteiger partial charge in [-0.2, -0.15) is 4.98 Å². The molecule has 0 unspecified atom stereocenters. The van der Waals surface area contributed by atoms with Crippen molar-refractivity contribution in [2.75, 3.05) is 22.8 Å². The van der Waals surface area contributed by atoms with Crippen molar-refractivity contribution in [3.63, 3.8) is 0 Å². The number of hydrogen-bond donors (Lipinski definition) is 5. The van der Waals surface area contributed by atoms with Gasteiger partial charge in [0.25, 0.3) is 0 Å². The van der Waals surface area contributed by atoms with Crippen molar-refractivity contribution >= 4 is 34.0 Å². The molecule has 3 rings (SSSR count). The predicted octanol–water partition coefficient (Wildman–Crippen LogP) is 2.84. The Hall–Kier alpha value is -2.43. The molecule has 2 aromatic rings. The Labute approximate surface area is 153 Å². The molecule has 0 radical (unpaired) electrons. The van der Waals surface area contributed by atoms with Gasteiger partial charge in [-0.3, -0.25) is 10.9 Å². The Morgan fingerprint density at radius 1 is 1.27 bits per heavy atom. The van der Waals surface area contributed by atoms with Gasteiger partial charge in [0, 0.05) is 23.7 Å². The van der Waals surface area contributed by atoms with E-state index in [4.69, 9.17) is 4.55 Å². The average Bonchev–Trinajstić information content (AvgIpc) is 3.45. The van der Waals surface area contributed by atoms with Crippen LogP contribution in [0.25, 0.3) is 0 Å². The molecule has 0 saturated heterocycles. The Bertz CT molecular complexity index is 834. The van der Waals surface area contributed by atoms with Crippen molar-refractivity contribution in [3.05, 3.63) is 36.0 Å². The fraction of sp³-hybridized carbons (Fsp3) is 0.375. The molecule has 1 heterocycles. The van der Waals surface area contributed by atoms with Crippen molar-refractivity contribution in [2.24, 2.45) is 4.36 Å². The fourth-order valence-electron chi connectivity index (χ4n) is 2.28. The van der Waals surface area contributed by atoms with Crippen LogP contribution >= 0.6 is 0 Å². The second-order valence-electron chi connectivity index (χ2n) is 6.12. The summed E-state index contributed by atoms with van der Waals surface area (Å²) in [4.78, 5) is 8.92. The molecule has 140 valence electrons. The smallest absolute Gasteiger partial charge is 0.225 e. The molecule has 1 atom stereocenters. The maximum atomic E-state index is 10.7. The van der Waals surface area contributed by atoms with E-state index in [0.717, 1.165) is 24.2 Å². The maximum absolute atomic E-state index is 10.7. The second kappa shape index (κ2) is 8.30. The topological polar surface area (TPSA) is 132 Å². The van der Waals surface area contributed by atoms with E-state index < -0.39 is 10.9 Å². The van der Waals surface area contributed by atoms with Crippen LogP contribution in [0.1, 0.15) is 31.4 Å². The van der Waals surface area contributed by atoms with Crippen LogP contribution in [0.3, 0.4) is 0 Å². The molecule has 1 fully saturated rings. The number of anilines is 3. The Morgan fingerprint density at radius 2 is 2.00 bits per heavy atom. The van der Waals surface area contributed by atoms with Gasteiger partial charge in [0.1, 0.15) is 5.82 Å². The summed E-state index contributed by atoms with van der Waals surface area (Å²) in [5.74, 6) is 1.54. The van der Waals surface area contributed by atoms with Crippen LogP contribution in [0.2, 0.25) is 0 Å². The van der Waals surface area contributed by atoms with Crippen molar-refractivity contribution in [1.82, 2.24) is 9.97 Å². The third kappa shape index (κ3) is 5.28. The molecule has 0 spiro atoms. The Balaban J connectivity index is 1.70. The molecule has 0 aliphatic heterocycles. The summed E-state index contributed by atoms with van der Waals surface area (Å²) in [5.41, 5.74) is 8.19. The van der Waals surface area contributed by atoms with E-state index in [9.17, 15) is 9.32 Å². The number of benzene rings is 1. The summed E-state index contributed by atoms with van der Waals surface area (Å²) in [5, 5.41) is 12.3. The molecule has 26 heavy (non-hydrogen) atoms. The van der Waals surface area contributed by atoms with Crippen LogP contribution in [0.15, 0.2) is 34.7 Å². The molecule has 10 heteroatoms. The Kier molecular flexibility index (Phi) is 5.86. The first-order chi connectivity index (χ1) is 12.5. The summed E-state index contributed by atoms with van der Waals surface area (Å²) >= 11 is 0. The molecule has 1 saturated carbocycles. The zero-order valence-electron chi connectivity index (χ0n) is 14.2. The van der Waals surface area contributed by atoms with Gasteiger partial charge in [-0.25, -0.2) is 4.98 Å². The predicted molar refractivity (Wildman–Crippen MR) is 101 cm³/mol. The van der Waals surface area contributed by atoms with Crippen molar-refractivity contribution in [2.45, 2.75) is 31.7 Å². The number of aliphatic hydroxyl groups is 1. The first-order valence-corrected chi connectivity index (χ1v) is 9.31. The summed E-state index contributed by atoms with van der Waals surface area (Å²) in [6, 6.07) is 8.48. The molecule has 0 bridgehead atoms. The number of nitrogens with one attached hydrogen (secondary N) is 3. The second-order valence-corrected chi connectivity index (χ2v) is 6.77. The molecule has 1 aromatic carbocycles. The normalized spacial score (nSPS) is 16.1. The lowest BCUT2D eigenvalue weighted by atomic mass is 10.3. The lowest BCUT2D eigenvalue weighted by Gasteiger charge is -2.15. The molecule has 1 aromatic heterocycles. The van der Waals surface area contributed by atoms with E-state index in [-0.39, 0.29) is 12.6 Å². The minimum atomic E-state index is -2.22. The lowest BCUT2D eigenvalue weighted by Crippen LogP contribution is -2.22.